The van der Waals surface area contributed by atoms with Gasteiger partial charge in [0.25, 0.3) is 0 Å². The van der Waals surface area contributed by atoms with Gasteiger partial charge in [0.2, 0.25) is 0 Å². The summed E-state index contributed by atoms with van der Waals surface area (Å²) in [5, 5.41) is 0. The maximum absolute atomic E-state index is 11.6. The summed E-state index contributed by atoms with van der Waals surface area (Å²) in [5.41, 5.74) is 16.6. The molecule has 0 aromatic heterocycles. The van der Waals surface area contributed by atoms with E-state index in [4.69, 9.17) is 9.47 Å². The lowest BCUT2D eigenvalue weighted by atomic mass is 9.95. The zero-order chi connectivity index (χ0) is 42.3. The number of ether oxygens (including phenoxy) is 2. The average Bonchev–Trinajstić information content (AvgIpc) is 3.27. The van der Waals surface area contributed by atoms with Gasteiger partial charge < -0.3 is 19.3 Å². The van der Waals surface area contributed by atoms with Crippen LogP contribution < -0.4 is 19.3 Å². The molecule has 0 spiro atoms. The zero-order valence-corrected chi connectivity index (χ0v) is 35.2. The van der Waals surface area contributed by atoms with Gasteiger partial charge in [-0.15, -0.1) is 0 Å². The second-order valence-electron chi connectivity index (χ2n) is 15.3. The summed E-state index contributed by atoms with van der Waals surface area (Å²) in [7, 11) is 1.67. The Hall–Kier alpha value is -7.63. The molecule has 0 aliphatic heterocycles. The lowest BCUT2D eigenvalue weighted by Crippen LogP contribution is -2.10. The Labute approximate surface area is 359 Å². The second-order valence-corrected chi connectivity index (χ2v) is 15.3. The van der Waals surface area contributed by atoms with Gasteiger partial charge in [0.05, 0.1) is 7.11 Å². The van der Waals surface area contributed by atoms with E-state index in [0.29, 0.717) is 5.75 Å². The minimum Gasteiger partial charge on any atom is -0.497 e. The number of nitrogens with zero attached hydrogens (tertiary/aromatic N) is 2. The molecule has 0 atom stereocenters. The van der Waals surface area contributed by atoms with Gasteiger partial charge in [-0.2, -0.15) is 0 Å². The third-order valence-corrected chi connectivity index (χ3v) is 10.7. The van der Waals surface area contributed by atoms with Crippen molar-refractivity contribution in [3.8, 4) is 22.6 Å². The van der Waals surface area contributed by atoms with Gasteiger partial charge in [0.1, 0.15) is 11.5 Å². The van der Waals surface area contributed by atoms with Crippen molar-refractivity contribution in [3.63, 3.8) is 0 Å². The van der Waals surface area contributed by atoms with E-state index in [2.05, 4.69) is 194 Å². The van der Waals surface area contributed by atoms with Crippen LogP contribution in [0.25, 0.3) is 22.8 Å². The van der Waals surface area contributed by atoms with E-state index in [1.54, 1.807) is 7.11 Å². The number of carbonyl (C=O) groups is 1. The SMILES string of the molecule is COc1ccc(C(=Cc2ccc(N(c3ccc(-c4ccc(N(c5cccc(C)c5)c5cccc(C)c5)cc4)cc3)c3cccc(C)c3)cc2)c2ccc(OC(C)=O)cc2)cc1. The molecular weight excluding hydrogens is 749 g/mol. The Kier molecular flexibility index (Phi) is 11.9. The van der Waals surface area contributed by atoms with Gasteiger partial charge >= 0.3 is 5.97 Å². The molecule has 0 fully saturated rings. The molecule has 8 rings (SSSR count). The van der Waals surface area contributed by atoms with Gasteiger partial charge in [0, 0.05) is 41.0 Å². The first-order valence-corrected chi connectivity index (χ1v) is 20.5. The molecule has 0 saturated heterocycles. The van der Waals surface area contributed by atoms with Crippen molar-refractivity contribution in [2.45, 2.75) is 27.7 Å². The second kappa shape index (κ2) is 18.1. The van der Waals surface area contributed by atoms with Crippen molar-refractivity contribution >= 4 is 51.7 Å². The Morgan fingerprint density at radius 3 is 1.20 bits per heavy atom. The Bertz CT molecular complexity index is 2740. The fourth-order valence-corrected chi connectivity index (χ4v) is 7.66. The molecule has 0 radical (unpaired) electrons. The lowest BCUT2D eigenvalue weighted by molar-refractivity contribution is -0.131. The molecule has 0 aliphatic carbocycles. The first-order valence-electron chi connectivity index (χ1n) is 20.5. The number of rotatable bonds is 12. The highest BCUT2D eigenvalue weighted by molar-refractivity contribution is 5.92. The number of hydrogen-bond donors (Lipinski definition) is 0. The fraction of sp³-hybridized carbons (Fsp3) is 0.0893. The number of aryl methyl sites for hydroxylation is 3. The van der Waals surface area contributed by atoms with E-state index in [9.17, 15) is 4.79 Å². The summed E-state index contributed by atoms with van der Waals surface area (Å²) in [6.45, 7) is 7.80. The molecule has 5 heteroatoms. The number of carbonyl (C=O) groups excluding carboxylic acids is 1. The van der Waals surface area contributed by atoms with E-state index in [1.807, 2.05) is 36.4 Å². The summed E-state index contributed by atoms with van der Waals surface area (Å²) in [6, 6.07) is 67.9. The number of hydrogen-bond acceptors (Lipinski definition) is 5. The summed E-state index contributed by atoms with van der Waals surface area (Å²) < 4.78 is 10.8. The molecule has 0 heterocycles. The van der Waals surface area contributed by atoms with Crippen LogP contribution >= 0.6 is 0 Å². The topological polar surface area (TPSA) is 42.0 Å². The summed E-state index contributed by atoms with van der Waals surface area (Å²) >= 11 is 0. The lowest BCUT2D eigenvalue weighted by Gasteiger charge is -2.27. The summed E-state index contributed by atoms with van der Waals surface area (Å²) in [6.07, 6.45) is 2.19. The predicted molar refractivity (Wildman–Crippen MR) is 253 cm³/mol. The quantitative estimate of drug-likeness (QED) is 0.0700. The number of esters is 1. The molecule has 0 N–H and O–H groups in total. The van der Waals surface area contributed by atoms with Gasteiger partial charge in [-0.1, -0.05) is 97.1 Å². The standard InChI is InChI=1S/C56H48N2O3/c1-39-9-6-12-51(35-39)57(48-25-15-43(16-26-48)38-56(46-21-31-54(60-5)32-22-46)47-23-33-55(34-24-47)61-42(4)59)49-27-17-44(18-28-49)45-19-29-50(30-20-45)58(52-13-7-10-40(2)36-52)53-14-8-11-41(3)37-53/h6-38H,1-5H3. The molecule has 8 aromatic carbocycles. The van der Waals surface area contributed by atoms with Crippen LogP contribution in [0.3, 0.4) is 0 Å². The van der Waals surface area contributed by atoms with E-state index in [1.165, 1.54) is 23.6 Å². The Morgan fingerprint density at radius 2 is 0.820 bits per heavy atom. The van der Waals surface area contributed by atoms with Crippen molar-refractivity contribution < 1.29 is 14.3 Å². The molecule has 0 saturated carbocycles. The third-order valence-electron chi connectivity index (χ3n) is 10.7. The molecule has 0 unspecified atom stereocenters. The van der Waals surface area contributed by atoms with Crippen LogP contribution in [0.1, 0.15) is 40.3 Å². The molecule has 0 bridgehead atoms. The smallest absolute Gasteiger partial charge is 0.308 e. The Balaban J connectivity index is 1.10. The first-order chi connectivity index (χ1) is 29.7. The van der Waals surface area contributed by atoms with E-state index >= 15 is 0 Å². The minimum atomic E-state index is -0.347. The number of methoxy groups -OCH3 is 1. The van der Waals surface area contributed by atoms with Gasteiger partial charge in [0.15, 0.2) is 0 Å². The average molecular weight is 797 g/mol. The number of benzene rings is 8. The largest absolute Gasteiger partial charge is 0.497 e. The third kappa shape index (κ3) is 9.48. The summed E-state index contributed by atoms with van der Waals surface area (Å²) in [4.78, 5) is 16.2. The van der Waals surface area contributed by atoms with Crippen molar-refractivity contribution in [1.82, 2.24) is 0 Å². The summed E-state index contributed by atoms with van der Waals surface area (Å²) in [5.74, 6) is 0.954. The predicted octanol–water partition coefficient (Wildman–Crippen LogP) is 14.7. The van der Waals surface area contributed by atoms with E-state index in [-0.39, 0.29) is 5.97 Å². The van der Waals surface area contributed by atoms with Gasteiger partial charge in [-0.3, -0.25) is 4.79 Å². The van der Waals surface area contributed by atoms with Crippen LogP contribution in [-0.4, -0.2) is 13.1 Å². The van der Waals surface area contributed by atoms with Gasteiger partial charge in [-0.05, 0) is 174 Å². The van der Waals surface area contributed by atoms with Crippen LogP contribution in [0.2, 0.25) is 0 Å². The maximum atomic E-state index is 11.6. The highest BCUT2D eigenvalue weighted by Crippen LogP contribution is 2.39. The first kappa shape index (κ1) is 40.2. The number of anilines is 6. The van der Waals surface area contributed by atoms with Crippen LogP contribution in [0.5, 0.6) is 11.5 Å². The maximum Gasteiger partial charge on any atom is 0.308 e. The normalized spacial score (nSPS) is 11.2. The molecule has 300 valence electrons. The molecular formula is C56H48N2O3. The van der Waals surface area contributed by atoms with Crippen molar-refractivity contribution in [3.05, 3.63) is 228 Å². The Morgan fingerprint density at radius 1 is 0.443 bits per heavy atom. The highest BCUT2D eigenvalue weighted by Gasteiger charge is 2.16. The van der Waals surface area contributed by atoms with Crippen molar-refractivity contribution in [2.75, 3.05) is 16.9 Å². The fourth-order valence-electron chi connectivity index (χ4n) is 7.66. The van der Waals surface area contributed by atoms with Crippen molar-refractivity contribution in [2.24, 2.45) is 0 Å². The van der Waals surface area contributed by atoms with E-state index in [0.717, 1.165) is 73.3 Å². The molecule has 61 heavy (non-hydrogen) atoms. The van der Waals surface area contributed by atoms with Crippen molar-refractivity contribution in [1.29, 1.82) is 0 Å². The monoisotopic (exact) mass is 796 g/mol. The van der Waals surface area contributed by atoms with Crippen LogP contribution in [0.4, 0.5) is 34.1 Å². The van der Waals surface area contributed by atoms with E-state index < -0.39 is 0 Å². The molecule has 8 aromatic rings. The van der Waals surface area contributed by atoms with Gasteiger partial charge in [-0.25, -0.2) is 0 Å². The zero-order valence-electron chi connectivity index (χ0n) is 35.2. The molecule has 0 amide bonds. The minimum absolute atomic E-state index is 0.347. The molecule has 0 aliphatic rings. The van der Waals surface area contributed by atoms with Crippen LogP contribution in [0.15, 0.2) is 194 Å². The van der Waals surface area contributed by atoms with Crippen LogP contribution in [-0.2, 0) is 4.79 Å². The highest BCUT2D eigenvalue weighted by atomic mass is 16.5. The van der Waals surface area contributed by atoms with Crippen LogP contribution in [0, 0.1) is 20.8 Å². The molecule has 5 nitrogen and oxygen atoms in total.